The number of aryl methyl sites for hydroxylation is 1. The van der Waals surface area contributed by atoms with E-state index >= 15 is 0 Å². The number of carbonyl (C=O) groups excluding carboxylic acids is 1. The minimum Gasteiger partial charge on any atom is -0.384 e. The highest BCUT2D eigenvalue weighted by Crippen LogP contribution is 2.33. The maximum absolute atomic E-state index is 13.1. The molecule has 1 unspecified atom stereocenters. The highest BCUT2D eigenvalue weighted by Gasteiger charge is 2.36. The molecule has 2 aromatic carbocycles. The third-order valence-electron chi connectivity index (χ3n) is 4.25. The zero-order valence-electron chi connectivity index (χ0n) is 13.2. The summed E-state index contributed by atoms with van der Waals surface area (Å²) in [5.41, 5.74) is 8.64. The van der Waals surface area contributed by atoms with E-state index in [0.29, 0.717) is 17.9 Å². The summed E-state index contributed by atoms with van der Waals surface area (Å²) in [6.45, 7) is 2.25. The van der Waals surface area contributed by atoms with Gasteiger partial charge in [-0.05, 0) is 42.8 Å². The average molecular weight is 321 g/mol. The molecule has 2 N–H and O–H groups in total. The molecule has 1 heterocycles. The van der Waals surface area contributed by atoms with Crippen LogP contribution in [0, 0.1) is 30.0 Å². The Labute approximate surface area is 139 Å². The van der Waals surface area contributed by atoms with E-state index in [1.54, 1.807) is 4.90 Å². The lowest BCUT2D eigenvalue weighted by Gasteiger charge is -2.22. The van der Waals surface area contributed by atoms with E-state index in [9.17, 15) is 14.4 Å². The Hall–Kier alpha value is -3.13. The van der Waals surface area contributed by atoms with Crippen LogP contribution >= 0.6 is 0 Å². The van der Waals surface area contributed by atoms with Gasteiger partial charge in [0, 0.05) is 17.8 Å². The Bertz CT molecular complexity index is 865. The molecule has 4 nitrogen and oxygen atoms in total. The number of benzene rings is 2. The Kier molecular flexibility index (Phi) is 4.05. The molecule has 1 aliphatic rings. The number of anilines is 1. The second kappa shape index (κ2) is 6.17. The number of carbonyl (C=O) groups is 1. The molecule has 120 valence electrons. The molecule has 0 fully saturated rings. The van der Waals surface area contributed by atoms with E-state index in [1.165, 1.54) is 24.3 Å². The number of nitrogens with two attached hydrogens (primary N) is 1. The van der Waals surface area contributed by atoms with Crippen molar-refractivity contribution in [3.63, 3.8) is 0 Å². The number of nitriles is 1. The molecule has 0 spiro atoms. The second-order valence-electron chi connectivity index (χ2n) is 5.73. The summed E-state index contributed by atoms with van der Waals surface area (Å²) in [5.74, 6) is -0.993. The minimum absolute atomic E-state index is 0.231. The van der Waals surface area contributed by atoms with E-state index in [4.69, 9.17) is 5.73 Å². The standard InChI is InChI=1S/C19H16FN3O/c1-12-4-2-3-5-17(12)23-11-16(15(10-21)19(23)22)18(24)13-6-8-14(20)9-7-13/h2-9,16H,11,22H2,1H3. The Morgan fingerprint density at radius 2 is 1.92 bits per heavy atom. The number of para-hydroxylation sites is 1. The minimum atomic E-state index is -0.653. The van der Waals surface area contributed by atoms with Crippen LogP contribution in [0.1, 0.15) is 15.9 Å². The van der Waals surface area contributed by atoms with E-state index in [0.717, 1.165) is 11.3 Å². The van der Waals surface area contributed by atoms with Gasteiger partial charge in [-0.1, -0.05) is 18.2 Å². The van der Waals surface area contributed by atoms with Crippen LogP contribution in [0.5, 0.6) is 0 Å². The topological polar surface area (TPSA) is 70.1 Å². The molecule has 0 amide bonds. The lowest BCUT2D eigenvalue weighted by molar-refractivity contribution is 0.0948. The van der Waals surface area contributed by atoms with Gasteiger partial charge in [0.25, 0.3) is 0 Å². The molecule has 0 aliphatic carbocycles. The quantitative estimate of drug-likeness (QED) is 0.882. The van der Waals surface area contributed by atoms with Gasteiger partial charge in [0.05, 0.1) is 17.6 Å². The molecule has 1 aliphatic heterocycles. The largest absolute Gasteiger partial charge is 0.384 e. The fourth-order valence-corrected chi connectivity index (χ4v) is 2.96. The van der Waals surface area contributed by atoms with Gasteiger partial charge < -0.3 is 10.6 Å². The molecule has 0 aromatic heterocycles. The lowest BCUT2D eigenvalue weighted by Crippen LogP contribution is -2.28. The van der Waals surface area contributed by atoms with Crippen molar-refractivity contribution in [2.45, 2.75) is 6.92 Å². The predicted molar refractivity (Wildman–Crippen MR) is 89.6 cm³/mol. The van der Waals surface area contributed by atoms with Gasteiger partial charge in [-0.3, -0.25) is 4.79 Å². The number of Topliss-reactive ketones (excluding diaryl/α,β-unsaturated/α-hetero) is 1. The van der Waals surface area contributed by atoms with Crippen molar-refractivity contribution in [3.05, 3.63) is 76.9 Å². The first-order valence-electron chi connectivity index (χ1n) is 7.55. The van der Waals surface area contributed by atoms with Gasteiger partial charge in [0.1, 0.15) is 11.6 Å². The fraction of sp³-hybridized carbons (Fsp3) is 0.158. The summed E-state index contributed by atoms with van der Waals surface area (Å²) in [6.07, 6.45) is 0. The predicted octanol–water partition coefficient (Wildman–Crippen LogP) is 3.15. The molecular formula is C19H16FN3O. The summed E-state index contributed by atoms with van der Waals surface area (Å²) in [7, 11) is 0. The summed E-state index contributed by atoms with van der Waals surface area (Å²) >= 11 is 0. The second-order valence-corrected chi connectivity index (χ2v) is 5.73. The first kappa shape index (κ1) is 15.8. The SMILES string of the molecule is Cc1ccccc1N1CC(C(=O)c2ccc(F)cc2)C(C#N)=C1N. The van der Waals surface area contributed by atoms with Crippen LogP contribution in [0.4, 0.5) is 10.1 Å². The molecule has 3 rings (SSSR count). The molecule has 2 aromatic rings. The van der Waals surface area contributed by atoms with Gasteiger partial charge in [0.15, 0.2) is 5.78 Å². The third-order valence-corrected chi connectivity index (χ3v) is 4.25. The van der Waals surface area contributed by atoms with Crippen LogP contribution < -0.4 is 10.6 Å². The van der Waals surface area contributed by atoms with Crippen molar-refractivity contribution in [1.82, 2.24) is 0 Å². The highest BCUT2D eigenvalue weighted by atomic mass is 19.1. The molecule has 5 heteroatoms. The van der Waals surface area contributed by atoms with E-state index in [2.05, 4.69) is 6.07 Å². The number of hydrogen-bond acceptors (Lipinski definition) is 4. The molecule has 0 bridgehead atoms. The molecular weight excluding hydrogens is 305 g/mol. The first-order chi connectivity index (χ1) is 11.5. The Morgan fingerprint density at radius 3 is 2.54 bits per heavy atom. The highest BCUT2D eigenvalue weighted by molar-refractivity contribution is 6.01. The van der Waals surface area contributed by atoms with Crippen molar-refractivity contribution >= 4 is 11.5 Å². The summed E-state index contributed by atoms with van der Waals surface area (Å²) in [5, 5.41) is 9.45. The molecule has 24 heavy (non-hydrogen) atoms. The molecule has 0 saturated carbocycles. The van der Waals surface area contributed by atoms with Gasteiger partial charge in [-0.15, -0.1) is 0 Å². The van der Waals surface area contributed by atoms with Crippen LogP contribution in [-0.4, -0.2) is 12.3 Å². The average Bonchev–Trinajstić information content (AvgIpc) is 2.92. The molecule has 0 radical (unpaired) electrons. The van der Waals surface area contributed by atoms with Crippen molar-refractivity contribution < 1.29 is 9.18 Å². The van der Waals surface area contributed by atoms with Crippen molar-refractivity contribution in [2.75, 3.05) is 11.4 Å². The maximum Gasteiger partial charge on any atom is 0.172 e. The number of ketones is 1. The number of halogens is 1. The van der Waals surface area contributed by atoms with Gasteiger partial charge in [0.2, 0.25) is 0 Å². The lowest BCUT2D eigenvalue weighted by atomic mass is 9.93. The maximum atomic E-state index is 13.1. The smallest absolute Gasteiger partial charge is 0.172 e. The Morgan fingerprint density at radius 1 is 1.25 bits per heavy atom. The van der Waals surface area contributed by atoms with E-state index in [-0.39, 0.29) is 11.4 Å². The normalized spacial score (nSPS) is 17.0. The number of nitrogens with zero attached hydrogens (tertiary/aromatic N) is 2. The van der Waals surface area contributed by atoms with Crippen molar-refractivity contribution in [3.8, 4) is 6.07 Å². The summed E-state index contributed by atoms with van der Waals surface area (Å²) < 4.78 is 13.1. The van der Waals surface area contributed by atoms with Gasteiger partial charge in [-0.2, -0.15) is 5.26 Å². The Balaban J connectivity index is 1.97. The zero-order chi connectivity index (χ0) is 17.3. The molecule has 1 atom stereocenters. The monoisotopic (exact) mass is 321 g/mol. The van der Waals surface area contributed by atoms with Crippen LogP contribution in [0.3, 0.4) is 0 Å². The summed E-state index contributed by atoms with van der Waals surface area (Å²) in [6, 6.07) is 15.1. The number of hydrogen-bond donors (Lipinski definition) is 1. The van der Waals surface area contributed by atoms with Crippen LogP contribution in [0.15, 0.2) is 59.9 Å². The van der Waals surface area contributed by atoms with Crippen LogP contribution in [0.25, 0.3) is 0 Å². The van der Waals surface area contributed by atoms with Crippen molar-refractivity contribution in [1.29, 1.82) is 5.26 Å². The zero-order valence-corrected chi connectivity index (χ0v) is 13.2. The van der Waals surface area contributed by atoms with Crippen LogP contribution in [-0.2, 0) is 0 Å². The number of rotatable bonds is 3. The van der Waals surface area contributed by atoms with Crippen LogP contribution in [0.2, 0.25) is 0 Å². The van der Waals surface area contributed by atoms with Gasteiger partial charge in [-0.25, -0.2) is 4.39 Å². The fourth-order valence-electron chi connectivity index (χ4n) is 2.96. The van der Waals surface area contributed by atoms with Gasteiger partial charge >= 0.3 is 0 Å². The summed E-state index contributed by atoms with van der Waals surface area (Å²) in [4.78, 5) is 14.5. The molecule has 0 saturated heterocycles. The van der Waals surface area contributed by atoms with E-state index in [1.807, 2.05) is 31.2 Å². The first-order valence-corrected chi connectivity index (χ1v) is 7.55. The van der Waals surface area contributed by atoms with E-state index < -0.39 is 11.7 Å². The third kappa shape index (κ3) is 2.63. The van der Waals surface area contributed by atoms with Crippen molar-refractivity contribution in [2.24, 2.45) is 11.7 Å².